The molecule has 0 aliphatic carbocycles. The number of hydrogen-bond acceptors (Lipinski definition) is 4. The standard InChI is InChI=1S/C8H9N3O2/c9-6-3-1-5(2-4-6)7-10-8(12)13-11-7/h1-4,7,11H,9H2,(H,10,12). The number of carbonyl (C=O) groups is 1. The Bertz CT molecular complexity index is 323. The molecule has 1 fully saturated rings. The molecule has 1 unspecified atom stereocenters. The van der Waals surface area contributed by atoms with Crippen molar-refractivity contribution in [3.63, 3.8) is 0 Å². The Labute approximate surface area is 74.8 Å². The molecule has 4 N–H and O–H groups in total. The van der Waals surface area contributed by atoms with Gasteiger partial charge in [-0.1, -0.05) is 12.1 Å². The average molecular weight is 179 g/mol. The molecule has 5 heteroatoms. The van der Waals surface area contributed by atoms with Crippen LogP contribution in [0.25, 0.3) is 0 Å². The number of nitrogen functional groups attached to an aromatic ring is 1. The van der Waals surface area contributed by atoms with Gasteiger partial charge in [0.25, 0.3) is 0 Å². The molecule has 0 radical (unpaired) electrons. The van der Waals surface area contributed by atoms with Gasteiger partial charge in [-0.3, -0.25) is 5.32 Å². The van der Waals surface area contributed by atoms with Crippen molar-refractivity contribution in [2.75, 3.05) is 5.73 Å². The normalized spacial score (nSPS) is 20.9. The molecule has 1 atom stereocenters. The third-order valence-electron chi connectivity index (χ3n) is 1.80. The SMILES string of the molecule is Nc1ccc(C2NOC(=O)N2)cc1. The van der Waals surface area contributed by atoms with E-state index in [2.05, 4.69) is 15.6 Å². The highest BCUT2D eigenvalue weighted by molar-refractivity contribution is 5.69. The minimum Gasteiger partial charge on any atom is -0.399 e. The fourth-order valence-electron chi connectivity index (χ4n) is 1.13. The van der Waals surface area contributed by atoms with Crippen molar-refractivity contribution in [1.82, 2.24) is 10.8 Å². The Kier molecular flexibility index (Phi) is 1.79. The Morgan fingerprint density at radius 3 is 2.54 bits per heavy atom. The first-order chi connectivity index (χ1) is 6.25. The predicted molar refractivity (Wildman–Crippen MR) is 46.3 cm³/mol. The molecule has 1 aliphatic heterocycles. The monoisotopic (exact) mass is 179 g/mol. The highest BCUT2D eigenvalue weighted by Gasteiger charge is 2.22. The number of amides is 1. The van der Waals surface area contributed by atoms with Crippen LogP contribution in [0.2, 0.25) is 0 Å². The zero-order valence-electron chi connectivity index (χ0n) is 6.78. The summed E-state index contributed by atoms with van der Waals surface area (Å²) in [4.78, 5) is 15.2. The topological polar surface area (TPSA) is 76.4 Å². The molecule has 1 aliphatic rings. The summed E-state index contributed by atoms with van der Waals surface area (Å²) in [5.41, 5.74) is 9.65. The van der Waals surface area contributed by atoms with Crippen LogP contribution < -0.4 is 16.5 Å². The van der Waals surface area contributed by atoms with E-state index >= 15 is 0 Å². The minimum atomic E-state index is -0.471. The Hall–Kier alpha value is -1.75. The number of rotatable bonds is 1. The van der Waals surface area contributed by atoms with Crippen molar-refractivity contribution in [3.8, 4) is 0 Å². The number of carbonyl (C=O) groups excluding carboxylic acids is 1. The molecular formula is C8H9N3O2. The van der Waals surface area contributed by atoms with E-state index in [1.54, 1.807) is 12.1 Å². The van der Waals surface area contributed by atoms with Crippen molar-refractivity contribution in [2.24, 2.45) is 0 Å². The van der Waals surface area contributed by atoms with Crippen molar-refractivity contribution >= 4 is 11.8 Å². The van der Waals surface area contributed by atoms with Gasteiger partial charge in [-0.25, -0.2) is 4.79 Å². The lowest BCUT2D eigenvalue weighted by atomic mass is 10.1. The first-order valence-electron chi connectivity index (χ1n) is 3.84. The summed E-state index contributed by atoms with van der Waals surface area (Å²) in [5.74, 6) is 0. The van der Waals surface area contributed by atoms with Crippen molar-refractivity contribution < 1.29 is 9.63 Å². The molecule has 5 nitrogen and oxygen atoms in total. The van der Waals surface area contributed by atoms with Gasteiger partial charge in [-0.15, -0.1) is 5.48 Å². The molecule has 1 aromatic carbocycles. The zero-order valence-corrected chi connectivity index (χ0v) is 6.78. The molecule has 13 heavy (non-hydrogen) atoms. The Morgan fingerprint density at radius 2 is 2.00 bits per heavy atom. The van der Waals surface area contributed by atoms with E-state index in [0.717, 1.165) is 5.56 Å². The molecule has 1 saturated heterocycles. The molecule has 1 heterocycles. The molecule has 2 rings (SSSR count). The van der Waals surface area contributed by atoms with Crippen molar-refractivity contribution in [1.29, 1.82) is 0 Å². The quantitative estimate of drug-likeness (QED) is 0.549. The van der Waals surface area contributed by atoms with Gasteiger partial charge in [0.1, 0.15) is 6.17 Å². The zero-order chi connectivity index (χ0) is 9.26. The average Bonchev–Trinajstić information content (AvgIpc) is 2.53. The van der Waals surface area contributed by atoms with Crippen LogP contribution in [0.15, 0.2) is 24.3 Å². The molecule has 68 valence electrons. The molecular weight excluding hydrogens is 170 g/mol. The third-order valence-corrected chi connectivity index (χ3v) is 1.80. The minimum absolute atomic E-state index is 0.284. The fourth-order valence-corrected chi connectivity index (χ4v) is 1.13. The van der Waals surface area contributed by atoms with Crippen LogP contribution in [0, 0.1) is 0 Å². The summed E-state index contributed by atoms with van der Waals surface area (Å²) in [5, 5.41) is 2.58. The number of nitrogens with one attached hydrogen (secondary N) is 2. The maximum absolute atomic E-state index is 10.7. The second-order valence-electron chi connectivity index (χ2n) is 2.75. The largest absolute Gasteiger partial charge is 0.427 e. The third kappa shape index (κ3) is 1.54. The van der Waals surface area contributed by atoms with Gasteiger partial charge in [0.2, 0.25) is 0 Å². The summed E-state index contributed by atoms with van der Waals surface area (Å²) < 4.78 is 0. The Morgan fingerprint density at radius 1 is 1.31 bits per heavy atom. The summed E-state index contributed by atoms with van der Waals surface area (Å²) in [6.45, 7) is 0. The number of nitrogens with two attached hydrogens (primary N) is 1. The van der Waals surface area contributed by atoms with Crippen LogP contribution in [0.4, 0.5) is 10.5 Å². The van der Waals surface area contributed by atoms with Crippen LogP contribution in [-0.2, 0) is 4.84 Å². The van der Waals surface area contributed by atoms with Crippen molar-refractivity contribution in [2.45, 2.75) is 6.17 Å². The lowest BCUT2D eigenvalue weighted by molar-refractivity contribution is 0.122. The first-order valence-corrected chi connectivity index (χ1v) is 3.84. The number of hydroxylamine groups is 1. The summed E-state index contributed by atoms with van der Waals surface area (Å²) in [6, 6.07) is 7.17. The van der Waals surface area contributed by atoms with Gasteiger partial charge in [0.05, 0.1) is 0 Å². The van der Waals surface area contributed by atoms with E-state index in [0.29, 0.717) is 5.69 Å². The number of benzene rings is 1. The van der Waals surface area contributed by atoms with Gasteiger partial charge >= 0.3 is 6.09 Å². The molecule has 0 spiro atoms. The van der Waals surface area contributed by atoms with Gasteiger partial charge in [0.15, 0.2) is 0 Å². The molecule has 1 aromatic rings. The second kappa shape index (κ2) is 2.95. The van der Waals surface area contributed by atoms with Gasteiger partial charge < -0.3 is 10.6 Å². The van der Waals surface area contributed by atoms with Crippen LogP contribution in [0.3, 0.4) is 0 Å². The highest BCUT2D eigenvalue weighted by atomic mass is 16.7. The predicted octanol–water partition coefficient (Wildman–Crippen LogP) is 0.512. The molecule has 0 saturated carbocycles. The summed E-state index contributed by atoms with van der Waals surface area (Å²) >= 11 is 0. The van der Waals surface area contributed by atoms with Crippen LogP contribution in [-0.4, -0.2) is 6.09 Å². The number of hydrogen-bond donors (Lipinski definition) is 3. The Balaban J connectivity index is 2.17. The summed E-state index contributed by atoms with van der Waals surface area (Å²) in [6.07, 6.45) is -0.755. The van der Waals surface area contributed by atoms with E-state index < -0.39 is 6.09 Å². The molecule has 1 amide bonds. The lowest BCUT2D eigenvalue weighted by Gasteiger charge is -2.07. The lowest BCUT2D eigenvalue weighted by Crippen LogP contribution is -2.21. The molecule has 0 aromatic heterocycles. The van der Waals surface area contributed by atoms with Gasteiger partial charge in [0, 0.05) is 5.69 Å². The van der Waals surface area contributed by atoms with E-state index in [-0.39, 0.29) is 6.17 Å². The fraction of sp³-hybridized carbons (Fsp3) is 0.125. The van der Waals surface area contributed by atoms with Crippen molar-refractivity contribution in [3.05, 3.63) is 29.8 Å². The van der Waals surface area contributed by atoms with Crippen LogP contribution in [0.5, 0.6) is 0 Å². The van der Waals surface area contributed by atoms with Crippen LogP contribution in [0.1, 0.15) is 11.7 Å². The first kappa shape index (κ1) is 7.88. The van der Waals surface area contributed by atoms with E-state index in [4.69, 9.17) is 5.73 Å². The highest BCUT2D eigenvalue weighted by Crippen LogP contribution is 2.15. The molecule has 0 bridgehead atoms. The van der Waals surface area contributed by atoms with E-state index in [1.807, 2.05) is 12.1 Å². The number of anilines is 1. The maximum Gasteiger partial charge on any atom is 0.427 e. The van der Waals surface area contributed by atoms with Gasteiger partial charge in [-0.2, -0.15) is 0 Å². The van der Waals surface area contributed by atoms with E-state index in [9.17, 15) is 4.79 Å². The summed E-state index contributed by atoms with van der Waals surface area (Å²) in [7, 11) is 0. The smallest absolute Gasteiger partial charge is 0.399 e. The van der Waals surface area contributed by atoms with Gasteiger partial charge in [-0.05, 0) is 17.7 Å². The van der Waals surface area contributed by atoms with Crippen LogP contribution >= 0.6 is 0 Å². The van der Waals surface area contributed by atoms with E-state index in [1.165, 1.54) is 0 Å². The second-order valence-corrected chi connectivity index (χ2v) is 2.75. The maximum atomic E-state index is 10.7.